The van der Waals surface area contributed by atoms with Gasteiger partial charge in [0.05, 0.1) is 0 Å². The Balaban J connectivity index is 1.92. The molecule has 1 N–H and O–H groups in total. The summed E-state index contributed by atoms with van der Waals surface area (Å²) in [5, 5.41) is 9.55. The molecule has 1 aromatic carbocycles. The van der Waals surface area contributed by atoms with Gasteiger partial charge in [0.2, 0.25) is 0 Å². The predicted octanol–water partition coefficient (Wildman–Crippen LogP) is 1.82. The molecule has 112 valence electrons. The van der Waals surface area contributed by atoms with Gasteiger partial charge in [-0.2, -0.15) is 0 Å². The number of halogens is 1. The predicted molar refractivity (Wildman–Crippen MR) is 78.9 cm³/mol. The quantitative estimate of drug-likeness (QED) is 0.861. The van der Waals surface area contributed by atoms with E-state index >= 15 is 0 Å². The van der Waals surface area contributed by atoms with Gasteiger partial charge in [0.15, 0.2) is 0 Å². The summed E-state index contributed by atoms with van der Waals surface area (Å²) in [4.78, 5) is 4.66. The Kier molecular flexibility index (Phi) is 5.52. The zero-order valence-electron chi connectivity index (χ0n) is 12.4. The number of aliphatic hydroxyl groups is 1. The second-order valence-corrected chi connectivity index (χ2v) is 5.88. The Morgan fingerprint density at radius 1 is 1.25 bits per heavy atom. The first-order valence-electron chi connectivity index (χ1n) is 7.38. The molecule has 2 atom stereocenters. The highest BCUT2D eigenvalue weighted by Crippen LogP contribution is 2.25. The SMILES string of the molecule is CCN(C)C[C@@H]1CN(Cc2ccc(F)cc2)C[C@@H]1CO. The molecule has 20 heavy (non-hydrogen) atoms. The first-order chi connectivity index (χ1) is 9.62. The van der Waals surface area contributed by atoms with Crippen LogP contribution in [0.3, 0.4) is 0 Å². The topological polar surface area (TPSA) is 26.7 Å². The molecule has 1 heterocycles. The second-order valence-electron chi connectivity index (χ2n) is 5.88. The van der Waals surface area contributed by atoms with Gasteiger partial charge in [-0.15, -0.1) is 0 Å². The molecule has 0 amide bonds. The molecule has 4 heteroatoms. The van der Waals surface area contributed by atoms with E-state index in [2.05, 4.69) is 23.8 Å². The summed E-state index contributed by atoms with van der Waals surface area (Å²) in [6.45, 7) is 7.24. The van der Waals surface area contributed by atoms with Crippen molar-refractivity contribution < 1.29 is 9.50 Å². The minimum Gasteiger partial charge on any atom is -0.396 e. The van der Waals surface area contributed by atoms with Crippen molar-refractivity contribution in [3.63, 3.8) is 0 Å². The second kappa shape index (κ2) is 7.16. The average Bonchev–Trinajstić information content (AvgIpc) is 2.83. The monoisotopic (exact) mass is 280 g/mol. The van der Waals surface area contributed by atoms with E-state index in [0.717, 1.165) is 38.3 Å². The van der Waals surface area contributed by atoms with Crippen LogP contribution in [0.1, 0.15) is 12.5 Å². The lowest BCUT2D eigenvalue weighted by Gasteiger charge is -2.22. The van der Waals surface area contributed by atoms with Crippen molar-refractivity contribution in [2.75, 3.05) is 39.8 Å². The number of likely N-dealkylation sites (tertiary alicyclic amines) is 1. The van der Waals surface area contributed by atoms with Crippen molar-refractivity contribution in [2.24, 2.45) is 11.8 Å². The van der Waals surface area contributed by atoms with E-state index in [1.54, 1.807) is 0 Å². The maximum atomic E-state index is 12.9. The maximum absolute atomic E-state index is 12.9. The fourth-order valence-electron chi connectivity index (χ4n) is 2.96. The third kappa shape index (κ3) is 4.01. The van der Waals surface area contributed by atoms with Crippen molar-refractivity contribution in [3.05, 3.63) is 35.6 Å². The molecule has 2 rings (SSSR count). The van der Waals surface area contributed by atoms with E-state index in [1.165, 1.54) is 12.1 Å². The third-order valence-electron chi connectivity index (χ3n) is 4.29. The van der Waals surface area contributed by atoms with E-state index < -0.39 is 0 Å². The Labute approximate surface area is 121 Å². The lowest BCUT2D eigenvalue weighted by Crippen LogP contribution is -2.31. The normalized spacial score (nSPS) is 23.6. The van der Waals surface area contributed by atoms with Crippen LogP contribution in [0.15, 0.2) is 24.3 Å². The van der Waals surface area contributed by atoms with Gasteiger partial charge in [0.1, 0.15) is 5.82 Å². The molecule has 0 bridgehead atoms. The lowest BCUT2D eigenvalue weighted by molar-refractivity contribution is 0.177. The molecule has 0 aromatic heterocycles. The summed E-state index contributed by atoms with van der Waals surface area (Å²) >= 11 is 0. The van der Waals surface area contributed by atoms with Gasteiger partial charge in [-0.05, 0) is 43.1 Å². The molecular weight excluding hydrogens is 255 g/mol. The van der Waals surface area contributed by atoms with Gasteiger partial charge in [0.25, 0.3) is 0 Å². The minimum atomic E-state index is -0.189. The van der Waals surface area contributed by atoms with Crippen LogP contribution in [-0.4, -0.2) is 54.7 Å². The molecule has 1 aliphatic heterocycles. The minimum absolute atomic E-state index is 0.189. The van der Waals surface area contributed by atoms with Gasteiger partial charge < -0.3 is 10.0 Å². The lowest BCUT2D eigenvalue weighted by atomic mass is 9.96. The molecule has 0 aliphatic carbocycles. The summed E-state index contributed by atoms with van der Waals surface area (Å²) in [6, 6.07) is 6.71. The standard InChI is InChI=1S/C16H25FN2O/c1-3-18(2)9-14-10-19(11-15(14)12-20)8-13-4-6-16(17)7-5-13/h4-7,14-15,20H,3,8-12H2,1-2H3/t14-,15-/m1/s1. The molecule has 1 aromatic rings. The molecule has 1 fully saturated rings. The maximum Gasteiger partial charge on any atom is 0.123 e. The highest BCUT2D eigenvalue weighted by atomic mass is 19.1. The summed E-state index contributed by atoms with van der Waals surface area (Å²) in [7, 11) is 2.12. The van der Waals surface area contributed by atoms with Crippen LogP contribution in [0.2, 0.25) is 0 Å². The number of rotatable bonds is 6. The molecule has 0 unspecified atom stereocenters. The third-order valence-corrected chi connectivity index (χ3v) is 4.29. The van der Waals surface area contributed by atoms with E-state index in [-0.39, 0.29) is 12.4 Å². The van der Waals surface area contributed by atoms with Crippen molar-refractivity contribution in [3.8, 4) is 0 Å². The van der Waals surface area contributed by atoms with Crippen LogP contribution in [0.25, 0.3) is 0 Å². The number of nitrogens with zero attached hydrogens (tertiary/aromatic N) is 2. The van der Waals surface area contributed by atoms with Gasteiger partial charge in [-0.25, -0.2) is 4.39 Å². The van der Waals surface area contributed by atoms with Crippen molar-refractivity contribution in [1.29, 1.82) is 0 Å². The number of aliphatic hydroxyl groups excluding tert-OH is 1. The van der Waals surface area contributed by atoms with Crippen molar-refractivity contribution in [2.45, 2.75) is 13.5 Å². The van der Waals surface area contributed by atoms with Crippen LogP contribution in [-0.2, 0) is 6.54 Å². The Bertz CT molecular complexity index is 409. The first-order valence-corrected chi connectivity index (χ1v) is 7.38. The molecule has 1 aliphatic rings. The Hall–Kier alpha value is -0.970. The van der Waals surface area contributed by atoms with Crippen LogP contribution < -0.4 is 0 Å². The number of hydrogen-bond donors (Lipinski definition) is 1. The Morgan fingerprint density at radius 2 is 1.90 bits per heavy atom. The highest BCUT2D eigenvalue weighted by molar-refractivity contribution is 5.16. The molecule has 1 saturated heterocycles. The molecule has 3 nitrogen and oxygen atoms in total. The van der Waals surface area contributed by atoms with Crippen molar-refractivity contribution in [1.82, 2.24) is 9.80 Å². The van der Waals surface area contributed by atoms with E-state index in [4.69, 9.17) is 0 Å². The van der Waals surface area contributed by atoms with E-state index in [1.807, 2.05) is 12.1 Å². The largest absolute Gasteiger partial charge is 0.396 e. The van der Waals surface area contributed by atoms with Gasteiger partial charge in [-0.1, -0.05) is 19.1 Å². The van der Waals surface area contributed by atoms with Crippen LogP contribution in [0.4, 0.5) is 4.39 Å². The van der Waals surface area contributed by atoms with E-state index in [9.17, 15) is 9.50 Å². The smallest absolute Gasteiger partial charge is 0.123 e. The Morgan fingerprint density at radius 3 is 2.50 bits per heavy atom. The highest BCUT2D eigenvalue weighted by Gasteiger charge is 2.32. The summed E-state index contributed by atoms with van der Waals surface area (Å²) < 4.78 is 12.9. The zero-order chi connectivity index (χ0) is 14.5. The summed E-state index contributed by atoms with van der Waals surface area (Å²) in [5.74, 6) is 0.681. The number of hydrogen-bond acceptors (Lipinski definition) is 3. The zero-order valence-corrected chi connectivity index (χ0v) is 12.4. The van der Waals surface area contributed by atoms with Crippen molar-refractivity contribution >= 4 is 0 Å². The average molecular weight is 280 g/mol. The van der Waals surface area contributed by atoms with Crippen LogP contribution in [0.5, 0.6) is 0 Å². The van der Waals surface area contributed by atoms with Gasteiger partial charge in [0, 0.05) is 32.8 Å². The van der Waals surface area contributed by atoms with Crippen LogP contribution >= 0.6 is 0 Å². The number of benzene rings is 1. The summed E-state index contributed by atoms with van der Waals surface area (Å²) in [6.07, 6.45) is 0. The first kappa shape index (κ1) is 15.4. The fourth-order valence-corrected chi connectivity index (χ4v) is 2.96. The van der Waals surface area contributed by atoms with Gasteiger partial charge in [-0.3, -0.25) is 4.90 Å². The van der Waals surface area contributed by atoms with Crippen LogP contribution in [0, 0.1) is 17.7 Å². The summed E-state index contributed by atoms with van der Waals surface area (Å²) in [5.41, 5.74) is 1.13. The fraction of sp³-hybridized carbons (Fsp3) is 0.625. The van der Waals surface area contributed by atoms with Gasteiger partial charge >= 0.3 is 0 Å². The molecular formula is C16H25FN2O. The van der Waals surface area contributed by atoms with E-state index in [0.29, 0.717) is 11.8 Å². The molecule has 0 radical (unpaired) electrons. The molecule has 0 saturated carbocycles. The molecule has 0 spiro atoms.